The van der Waals surface area contributed by atoms with Crippen molar-refractivity contribution in [3.8, 4) is 0 Å². The van der Waals surface area contributed by atoms with Crippen LogP contribution in [0.4, 0.5) is 0 Å². The van der Waals surface area contributed by atoms with Gasteiger partial charge in [-0.25, -0.2) is 0 Å². The van der Waals surface area contributed by atoms with Crippen molar-refractivity contribution in [1.29, 1.82) is 0 Å². The molecule has 0 saturated heterocycles. The highest BCUT2D eigenvalue weighted by molar-refractivity contribution is 5.75. The zero-order valence-electron chi connectivity index (χ0n) is 12.0. The van der Waals surface area contributed by atoms with Crippen molar-refractivity contribution in [2.75, 3.05) is 34.3 Å². The Morgan fingerprint density at radius 3 is 1.95 bits per heavy atom. The summed E-state index contributed by atoms with van der Waals surface area (Å²) in [6.45, 7) is 2.79. The maximum absolute atomic E-state index is 10.5. The highest BCUT2D eigenvalue weighted by atomic mass is 35.5. The van der Waals surface area contributed by atoms with Gasteiger partial charge in [-0.15, -0.1) is 0 Å². The molecule has 0 aromatic heterocycles. The molecule has 2 N–H and O–H groups in total. The third-order valence-corrected chi connectivity index (χ3v) is 2.44. The minimum atomic E-state index is -0.781. The van der Waals surface area contributed by atoms with Crippen LogP contribution in [0.2, 0.25) is 0 Å². The fourth-order valence-corrected chi connectivity index (χ4v) is 1.18. The highest BCUT2D eigenvalue weighted by Crippen LogP contribution is 2.13. The predicted octanol–water partition coefficient (Wildman–Crippen LogP) is -1.44. The number of hydrogen-bond acceptors (Lipinski definition) is 2. The molecule has 1 aromatic rings. The van der Waals surface area contributed by atoms with Crippen molar-refractivity contribution in [1.82, 2.24) is 0 Å². The van der Waals surface area contributed by atoms with Crippen LogP contribution in [0.25, 0.3) is 0 Å². The van der Waals surface area contributed by atoms with Crippen LogP contribution >= 0.6 is 0 Å². The van der Waals surface area contributed by atoms with Gasteiger partial charge in [0, 0.05) is 0 Å². The third kappa shape index (κ3) is 10.5. The van der Waals surface area contributed by atoms with E-state index < -0.39 is 11.9 Å². The molecule has 0 aliphatic carbocycles. The standard InChI is InChI=1S/C9H10O2.C5H14NO.ClH/c1-7(9(10)11)8-5-3-2-4-6-8;1-6(2,3)4-5-7;/h2-7H,1H3,(H,10,11);7H,4-5H2,1-3H3;1H/q;+1;/p-1. The molecular weight excluding hydrogens is 266 g/mol. The van der Waals surface area contributed by atoms with Crippen LogP contribution in [0.3, 0.4) is 0 Å². The molecule has 0 aliphatic rings. The molecule has 110 valence electrons. The van der Waals surface area contributed by atoms with Gasteiger partial charge in [0.2, 0.25) is 0 Å². The quantitative estimate of drug-likeness (QED) is 0.668. The van der Waals surface area contributed by atoms with E-state index in [9.17, 15) is 4.79 Å². The number of aliphatic hydroxyl groups is 1. The Morgan fingerprint density at radius 1 is 1.21 bits per heavy atom. The lowest BCUT2D eigenvalue weighted by Gasteiger charge is -2.21. The van der Waals surface area contributed by atoms with Crippen molar-refractivity contribution < 1.29 is 31.9 Å². The van der Waals surface area contributed by atoms with Crippen LogP contribution < -0.4 is 12.4 Å². The van der Waals surface area contributed by atoms with Gasteiger partial charge in [0.05, 0.1) is 33.7 Å². The number of aliphatic hydroxyl groups excluding tert-OH is 1. The SMILES string of the molecule is CC(C(=O)O)c1ccccc1.C[N+](C)(C)CCO.[Cl-]. The van der Waals surface area contributed by atoms with Gasteiger partial charge < -0.3 is 27.1 Å². The molecule has 5 heteroatoms. The zero-order chi connectivity index (χ0) is 14.2. The van der Waals surface area contributed by atoms with E-state index >= 15 is 0 Å². The van der Waals surface area contributed by atoms with Gasteiger partial charge in [-0.3, -0.25) is 4.79 Å². The molecule has 0 spiro atoms. The number of nitrogens with zero attached hydrogens (tertiary/aromatic N) is 1. The molecule has 1 atom stereocenters. The van der Waals surface area contributed by atoms with E-state index in [1.165, 1.54) is 0 Å². The molecule has 1 rings (SSSR count). The van der Waals surface area contributed by atoms with Gasteiger partial charge in [-0.05, 0) is 12.5 Å². The highest BCUT2D eigenvalue weighted by Gasteiger charge is 2.11. The maximum atomic E-state index is 10.5. The van der Waals surface area contributed by atoms with Crippen molar-refractivity contribution in [3.63, 3.8) is 0 Å². The fraction of sp³-hybridized carbons (Fsp3) is 0.500. The summed E-state index contributed by atoms with van der Waals surface area (Å²) in [5, 5.41) is 17.0. The Morgan fingerprint density at radius 2 is 1.68 bits per heavy atom. The fourth-order valence-electron chi connectivity index (χ4n) is 1.18. The molecule has 4 nitrogen and oxygen atoms in total. The molecule has 0 heterocycles. The largest absolute Gasteiger partial charge is 1.00 e. The third-order valence-electron chi connectivity index (χ3n) is 2.44. The van der Waals surface area contributed by atoms with Crippen molar-refractivity contribution >= 4 is 5.97 Å². The number of hydrogen-bond donors (Lipinski definition) is 2. The van der Waals surface area contributed by atoms with E-state index in [4.69, 9.17) is 10.2 Å². The van der Waals surface area contributed by atoms with E-state index in [-0.39, 0.29) is 19.0 Å². The monoisotopic (exact) mass is 289 g/mol. The Labute approximate surface area is 121 Å². The lowest BCUT2D eigenvalue weighted by atomic mass is 10.0. The van der Waals surface area contributed by atoms with E-state index in [0.717, 1.165) is 16.6 Å². The molecule has 19 heavy (non-hydrogen) atoms. The second-order valence-corrected chi connectivity index (χ2v) is 5.21. The summed E-state index contributed by atoms with van der Waals surface area (Å²) in [7, 11) is 6.16. The Kier molecular flexibility index (Phi) is 10.4. The predicted molar refractivity (Wildman–Crippen MR) is 72.5 cm³/mol. The summed E-state index contributed by atoms with van der Waals surface area (Å²) in [6, 6.07) is 9.19. The summed E-state index contributed by atoms with van der Waals surface area (Å²) >= 11 is 0. The number of halogens is 1. The second-order valence-electron chi connectivity index (χ2n) is 5.21. The maximum Gasteiger partial charge on any atom is 0.310 e. The van der Waals surface area contributed by atoms with Crippen molar-refractivity contribution in [2.24, 2.45) is 0 Å². The van der Waals surface area contributed by atoms with Gasteiger partial charge in [0.1, 0.15) is 6.54 Å². The average molecular weight is 290 g/mol. The molecule has 0 amide bonds. The molecule has 1 aromatic carbocycles. The molecule has 0 radical (unpaired) electrons. The Bertz CT molecular complexity index is 349. The van der Waals surface area contributed by atoms with Gasteiger partial charge in [-0.2, -0.15) is 0 Å². The van der Waals surface area contributed by atoms with Crippen molar-refractivity contribution in [3.05, 3.63) is 35.9 Å². The van der Waals surface area contributed by atoms with Gasteiger partial charge >= 0.3 is 5.97 Å². The second kappa shape index (κ2) is 9.78. The number of carboxylic acids is 1. The number of aliphatic carboxylic acids is 1. The van der Waals surface area contributed by atoms with Crippen LogP contribution in [-0.4, -0.2) is 55.0 Å². The number of rotatable bonds is 4. The number of likely N-dealkylation sites (N-methyl/N-ethyl adjacent to an activating group) is 1. The molecular formula is C14H24ClNO3. The number of benzene rings is 1. The summed E-state index contributed by atoms with van der Waals surface area (Å²) in [6.07, 6.45) is 0. The van der Waals surface area contributed by atoms with E-state index in [2.05, 4.69) is 21.1 Å². The van der Waals surface area contributed by atoms with Crippen LogP contribution in [0, 0.1) is 0 Å². The molecule has 0 saturated carbocycles. The summed E-state index contributed by atoms with van der Waals surface area (Å²) in [4.78, 5) is 10.5. The van der Waals surface area contributed by atoms with Crippen molar-refractivity contribution in [2.45, 2.75) is 12.8 Å². The first-order valence-electron chi connectivity index (χ1n) is 5.97. The number of carbonyl (C=O) groups is 1. The lowest BCUT2D eigenvalue weighted by molar-refractivity contribution is -0.870. The summed E-state index contributed by atoms with van der Waals surface area (Å²) in [5.41, 5.74) is 0.847. The smallest absolute Gasteiger partial charge is 0.310 e. The minimum absolute atomic E-state index is 0. The van der Waals surface area contributed by atoms with E-state index in [1.54, 1.807) is 6.92 Å². The summed E-state index contributed by atoms with van der Waals surface area (Å²) in [5.74, 6) is -1.19. The molecule has 0 aliphatic heterocycles. The minimum Gasteiger partial charge on any atom is -1.00 e. The van der Waals surface area contributed by atoms with E-state index in [1.807, 2.05) is 30.3 Å². The molecule has 0 bridgehead atoms. The molecule has 1 unspecified atom stereocenters. The van der Waals surface area contributed by atoms with Crippen LogP contribution in [0.15, 0.2) is 30.3 Å². The zero-order valence-corrected chi connectivity index (χ0v) is 12.8. The van der Waals surface area contributed by atoms with Crippen LogP contribution in [-0.2, 0) is 4.79 Å². The first-order chi connectivity index (χ1) is 8.28. The first-order valence-corrected chi connectivity index (χ1v) is 5.97. The average Bonchev–Trinajstić information content (AvgIpc) is 2.28. The Hall–Kier alpha value is -1.10. The van der Waals surface area contributed by atoms with Crippen LogP contribution in [0.5, 0.6) is 0 Å². The normalized spacial score (nSPS) is 11.6. The topological polar surface area (TPSA) is 57.5 Å². The lowest BCUT2D eigenvalue weighted by Crippen LogP contribution is -3.00. The van der Waals surface area contributed by atoms with Gasteiger partial charge in [0.25, 0.3) is 0 Å². The number of quaternary nitrogens is 1. The Balaban J connectivity index is 0. The van der Waals surface area contributed by atoms with Crippen LogP contribution in [0.1, 0.15) is 18.4 Å². The first kappa shape index (κ1) is 20.2. The van der Waals surface area contributed by atoms with E-state index in [0.29, 0.717) is 0 Å². The van der Waals surface area contributed by atoms with Gasteiger partial charge in [0.15, 0.2) is 0 Å². The number of carboxylic acid groups (broad SMARTS) is 1. The van der Waals surface area contributed by atoms with Gasteiger partial charge in [-0.1, -0.05) is 30.3 Å². The summed E-state index contributed by atoms with van der Waals surface area (Å²) < 4.78 is 0.844. The molecule has 0 fully saturated rings.